The van der Waals surface area contributed by atoms with Crippen molar-refractivity contribution in [2.75, 3.05) is 0 Å². The first kappa shape index (κ1) is 10.4. The van der Waals surface area contributed by atoms with Crippen LogP contribution in [-0.2, 0) is 0 Å². The first-order valence-corrected chi connectivity index (χ1v) is 3.59. The Morgan fingerprint density at radius 2 is 1.19 bits per heavy atom. The minimum Gasteiger partial charge on any atom is -0.477 e. The van der Waals surface area contributed by atoms with Gasteiger partial charge >= 0.3 is 11.9 Å². The Balaban J connectivity index is 3.70. The van der Waals surface area contributed by atoms with Crippen molar-refractivity contribution < 1.29 is 37.4 Å². The number of rotatable bonds is 2. The third-order valence-corrected chi connectivity index (χ3v) is 1.68. The number of hydrogen-bond acceptors (Lipinski definition) is 3. The van der Waals surface area contributed by atoms with Crippen LogP contribution in [0.15, 0.2) is 0 Å². The lowest BCUT2D eigenvalue weighted by Gasteiger charge is -2.05. The van der Waals surface area contributed by atoms with E-state index < -0.39 is 46.3 Å². The molecule has 0 heterocycles. The summed E-state index contributed by atoms with van der Waals surface area (Å²) in [6.07, 6.45) is 0. The molecule has 0 spiro atoms. The minimum atomic E-state index is -2.25. The number of carboxylic acid groups (broad SMARTS) is 2. The topological polar surface area (TPSA) is 74.6 Å². The third kappa shape index (κ3) is 1.58. The molecule has 0 saturated heterocycles. The van der Waals surface area contributed by atoms with Crippen LogP contribution in [-0.4, -0.2) is 22.2 Å². The molecule has 0 saturated carbocycles. The van der Waals surface area contributed by atoms with Gasteiger partial charge < -0.3 is 10.2 Å². The van der Waals surface area contributed by atoms with Gasteiger partial charge in [-0.15, -0.1) is 0 Å². The molecule has 86 valence electrons. The molecule has 1 rings (SSSR count). The fourth-order valence-corrected chi connectivity index (χ4v) is 0.999. The molecule has 0 bridgehead atoms. The molecule has 0 fully saturated rings. The predicted octanol–water partition coefficient (Wildman–Crippen LogP) is 1.64. The molecule has 0 amide bonds. The molecule has 2 N–H and O–H groups in total. The molecule has 1 aromatic carbocycles. The SMILES string of the molecule is [2H]OC(=O)c1c(F)c(F)c(C(=O)O)c(F)c1F. The maximum atomic E-state index is 13.1. The first-order chi connectivity index (χ1) is 7.82. The van der Waals surface area contributed by atoms with Crippen molar-refractivity contribution in [1.29, 1.82) is 1.43 Å². The number of carbonyl (C=O) groups is 2. The van der Waals surface area contributed by atoms with Crippen molar-refractivity contribution in [1.82, 2.24) is 0 Å². The van der Waals surface area contributed by atoms with E-state index in [9.17, 15) is 27.2 Å². The van der Waals surface area contributed by atoms with Gasteiger partial charge in [-0.3, -0.25) is 0 Å². The smallest absolute Gasteiger partial charge is 0.341 e. The third-order valence-electron chi connectivity index (χ3n) is 1.68. The summed E-state index contributed by atoms with van der Waals surface area (Å²) >= 11 is 0. The van der Waals surface area contributed by atoms with Crippen LogP contribution in [0.5, 0.6) is 0 Å². The average molecular weight is 239 g/mol. The Morgan fingerprint density at radius 1 is 0.875 bits per heavy atom. The van der Waals surface area contributed by atoms with Crippen molar-refractivity contribution >= 4 is 11.9 Å². The number of aromatic carboxylic acids is 2. The zero-order chi connectivity index (χ0) is 13.3. The van der Waals surface area contributed by atoms with Crippen molar-refractivity contribution in [2.24, 2.45) is 0 Å². The summed E-state index contributed by atoms with van der Waals surface area (Å²) in [6.45, 7) is 0. The molecule has 0 radical (unpaired) electrons. The maximum absolute atomic E-state index is 13.1. The van der Waals surface area contributed by atoms with Gasteiger partial charge in [0.15, 0.2) is 23.3 Å². The molecule has 0 aliphatic carbocycles. The van der Waals surface area contributed by atoms with Crippen LogP contribution in [0.2, 0.25) is 0 Å². The van der Waals surface area contributed by atoms with Crippen molar-refractivity contribution in [3.63, 3.8) is 0 Å². The van der Waals surface area contributed by atoms with E-state index in [4.69, 9.17) is 6.54 Å². The van der Waals surface area contributed by atoms with Gasteiger partial charge in [-0.25, -0.2) is 27.2 Å². The summed E-state index contributed by atoms with van der Waals surface area (Å²) in [5, 5.41) is 11.5. The average Bonchev–Trinajstić information content (AvgIpc) is 2.26. The zero-order valence-corrected chi connectivity index (χ0v) is 7.18. The Hall–Kier alpha value is -2.12. The Bertz CT molecular complexity index is 488. The lowest BCUT2D eigenvalue weighted by molar-refractivity contribution is 0.0658. The second kappa shape index (κ2) is 3.80. The molecule has 0 unspecified atom stereocenters. The van der Waals surface area contributed by atoms with Gasteiger partial charge in [-0.1, -0.05) is 0 Å². The highest BCUT2D eigenvalue weighted by atomic mass is 19.2. The minimum absolute atomic E-state index is 1.81. The summed E-state index contributed by atoms with van der Waals surface area (Å²) in [5.41, 5.74) is -3.68. The first-order valence-electron chi connectivity index (χ1n) is 4.00. The van der Waals surface area contributed by atoms with Gasteiger partial charge in [0, 0.05) is 0 Å². The highest BCUT2D eigenvalue weighted by Gasteiger charge is 2.31. The Morgan fingerprint density at radius 3 is 1.44 bits per heavy atom. The summed E-state index contributed by atoms with van der Waals surface area (Å²) in [6, 6.07) is 0. The number of benzene rings is 1. The summed E-state index contributed by atoms with van der Waals surface area (Å²) in [5.74, 6) is -13.2. The summed E-state index contributed by atoms with van der Waals surface area (Å²) in [4.78, 5) is 21.0. The Kier molecular flexibility index (Phi) is 2.47. The van der Waals surface area contributed by atoms with Crippen molar-refractivity contribution in [3.05, 3.63) is 34.4 Å². The standard InChI is InChI=1S/C8H2F4O4/c9-3-1(7(13)14)4(10)6(12)2(5(3)11)8(15)16/h(H,13,14)(H,15,16)/i/hD. The molecular formula is C8H2F4O4. The lowest BCUT2D eigenvalue weighted by atomic mass is 10.1. The van der Waals surface area contributed by atoms with Crippen molar-refractivity contribution in [3.8, 4) is 0 Å². The van der Waals surface area contributed by atoms with E-state index in [0.717, 1.165) is 0 Å². The Labute approximate surface area is 86.2 Å². The van der Waals surface area contributed by atoms with Crippen LogP contribution in [0.3, 0.4) is 0 Å². The molecule has 4 nitrogen and oxygen atoms in total. The summed E-state index contributed by atoms with van der Waals surface area (Å²) in [7, 11) is 0. The highest BCUT2D eigenvalue weighted by Crippen LogP contribution is 2.24. The van der Waals surface area contributed by atoms with Gasteiger partial charge in [-0.2, -0.15) is 0 Å². The second-order valence-electron chi connectivity index (χ2n) is 2.60. The van der Waals surface area contributed by atoms with E-state index >= 15 is 0 Å². The van der Waals surface area contributed by atoms with Crippen LogP contribution in [0, 0.1) is 23.3 Å². The second-order valence-corrected chi connectivity index (χ2v) is 2.60. The molecule has 1 aromatic rings. The summed E-state index contributed by atoms with van der Waals surface area (Å²) < 4.78 is 58.3. The molecule has 8 heteroatoms. The number of halogens is 4. The largest absolute Gasteiger partial charge is 0.477 e. The van der Waals surface area contributed by atoms with Crippen LogP contribution in [0.1, 0.15) is 20.7 Å². The van der Waals surface area contributed by atoms with Gasteiger partial charge in [0.2, 0.25) is 0 Å². The van der Waals surface area contributed by atoms with E-state index in [-0.39, 0.29) is 0 Å². The molecular weight excluding hydrogens is 236 g/mol. The van der Waals surface area contributed by atoms with E-state index in [0.29, 0.717) is 0 Å². The van der Waals surface area contributed by atoms with Crippen molar-refractivity contribution in [2.45, 2.75) is 0 Å². The fraction of sp³-hybridized carbons (Fsp3) is 0. The fourth-order valence-electron chi connectivity index (χ4n) is 0.999. The number of hydrogen-bond donors (Lipinski definition) is 2. The van der Waals surface area contributed by atoms with E-state index in [1.807, 2.05) is 0 Å². The molecule has 16 heavy (non-hydrogen) atoms. The zero-order valence-electron chi connectivity index (χ0n) is 8.18. The van der Waals surface area contributed by atoms with Gasteiger partial charge in [-0.05, 0) is 0 Å². The quantitative estimate of drug-likeness (QED) is 0.607. The molecule has 0 atom stereocenters. The number of carboxylic acids is 2. The molecule has 0 aromatic heterocycles. The van der Waals surface area contributed by atoms with Crippen LogP contribution < -0.4 is 0 Å². The molecule has 0 aliphatic heterocycles. The van der Waals surface area contributed by atoms with E-state index in [1.165, 1.54) is 0 Å². The van der Waals surface area contributed by atoms with Gasteiger partial charge in [0.25, 0.3) is 1.43 Å². The van der Waals surface area contributed by atoms with E-state index in [1.54, 1.807) is 0 Å². The van der Waals surface area contributed by atoms with Crippen LogP contribution in [0.25, 0.3) is 1.43 Å². The maximum Gasteiger partial charge on any atom is 0.341 e. The van der Waals surface area contributed by atoms with Gasteiger partial charge in [0.05, 0.1) is 0 Å². The van der Waals surface area contributed by atoms with E-state index in [2.05, 4.69) is 5.11 Å². The van der Waals surface area contributed by atoms with Crippen LogP contribution >= 0.6 is 0 Å². The monoisotopic (exact) mass is 239 g/mol. The van der Waals surface area contributed by atoms with Crippen LogP contribution in [0.4, 0.5) is 17.6 Å². The predicted molar refractivity (Wildman–Crippen MR) is 40.2 cm³/mol. The van der Waals surface area contributed by atoms with Gasteiger partial charge in [0.1, 0.15) is 11.1 Å². The highest BCUT2D eigenvalue weighted by molar-refractivity contribution is 5.92. The normalized spacial score (nSPS) is 10.9. The lowest BCUT2D eigenvalue weighted by Crippen LogP contribution is -2.15. The molecule has 0 aliphatic rings.